The molecule has 0 aliphatic carbocycles. The van der Waals surface area contributed by atoms with Crippen LogP contribution in [0.15, 0.2) is 27.9 Å². The highest BCUT2D eigenvalue weighted by atomic mass is 35.5. The summed E-state index contributed by atoms with van der Waals surface area (Å²) in [5, 5.41) is 0.213. The fraction of sp³-hybridized carbons (Fsp3) is 0.333. The first kappa shape index (κ1) is 13.2. The first-order chi connectivity index (χ1) is 6.63. The number of methoxy groups -OCH3 is 1. The summed E-state index contributed by atoms with van der Waals surface area (Å²) in [6.07, 6.45) is 3.30. The zero-order valence-corrected chi connectivity index (χ0v) is 9.31. The van der Waals surface area contributed by atoms with Crippen LogP contribution in [0.25, 0.3) is 0 Å². The number of halogens is 2. The van der Waals surface area contributed by atoms with Gasteiger partial charge in [0.15, 0.2) is 0 Å². The van der Waals surface area contributed by atoms with Gasteiger partial charge in [-0.2, -0.15) is 0 Å². The molecule has 0 amide bonds. The van der Waals surface area contributed by atoms with Gasteiger partial charge in [-0.3, -0.25) is 9.79 Å². The van der Waals surface area contributed by atoms with Crippen molar-refractivity contribution >= 4 is 35.9 Å². The Kier molecular flexibility index (Phi) is 7.16. The maximum atomic E-state index is 10.9. The zero-order chi connectivity index (χ0) is 11.0. The van der Waals surface area contributed by atoms with Gasteiger partial charge in [-0.15, -0.1) is 11.6 Å². The highest BCUT2D eigenvalue weighted by Gasteiger charge is 2.03. The van der Waals surface area contributed by atoms with Gasteiger partial charge in [-0.1, -0.05) is 17.7 Å². The number of aliphatic imine (C=N–C) groups is 1. The van der Waals surface area contributed by atoms with E-state index in [4.69, 9.17) is 23.2 Å². The highest BCUT2D eigenvalue weighted by Crippen LogP contribution is 2.12. The Hall–Kier alpha value is -0.800. The van der Waals surface area contributed by atoms with E-state index < -0.39 is 0 Å². The van der Waals surface area contributed by atoms with Crippen LogP contribution in [-0.2, 0) is 9.53 Å². The summed E-state index contributed by atoms with van der Waals surface area (Å²) in [7, 11) is 1.32. The van der Waals surface area contributed by atoms with Crippen LogP contribution in [0.5, 0.6) is 0 Å². The number of esters is 1. The molecule has 5 heteroatoms. The van der Waals surface area contributed by atoms with E-state index in [0.29, 0.717) is 11.5 Å². The van der Waals surface area contributed by atoms with Gasteiger partial charge in [0.1, 0.15) is 5.16 Å². The second-order valence-electron chi connectivity index (χ2n) is 2.31. The van der Waals surface area contributed by atoms with Crippen molar-refractivity contribution < 1.29 is 9.53 Å². The van der Waals surface area contributed by atoms with Gasteiger partial charge in [0.2, 0.25) is 0 Å². The molecule has 0 heterocycles. The van der Waals surface area contributed by atoms with Crippen LogP contribution in [0, 0.1) is 0 Å². The molecular weight excluding hydrogens is 225 g/mol. The Morgan fingerprint density at radius 3 is 2.71 bits per heavy atom. The summed E-state index contributed by atoms with van der Waals surface area (Å²) in [6, 6.07) is 0. The molecule has 0 spiro atoms. The largest absolute Gasteiger partial charge is 0.469 e. The number of alkyl halides is 1. The second-order valence-corrected chi connectivity index (χ2v) is 3.01. The third-order valence-electron chi connectivity index (χ3n) is 1.37. The molecular formula is C9H11Cl2NO2. The lowest BCUT2D eigenvalue weighted by molar-refractivity contribution is -0.139. The van der Waals surface area contributed by atoms with E-state index in [2.05, 4.69) is 16.4 Å². The molecule has 0 radical (unpaired) electrons. The van der Waals surface area contributed by atoms with E-state index >= 15 is 0 Å². The molecule has 3 nitrogen and oxygen atoms in total. The SMILES string of the molecule is C=NC(Cl)=CC(=CCCl)CC(=O)OC. The van der Waals surface area contributed by atoms with Crippen LogP contribution in [0.3, 0.4) is 0 Å². The van der Waals surface area contributed by atoms with E-state index in [9.17, 15) is 4.79 Å². The minimum Gasteiger partial charge on any atom is -0.469 e. The fourth-order valence-electron chi connectivity index (χ4n) is 0.719. The average molecular weight is 236 g/mol. The molecule has 0 atom stereocenters. The lowest BCUT2D eigenvalue weighted by Gasteiger charge is -2.00. The van der Waals surface area contributed by atoms with Gasteiger partial charge < -0.3 is 4.74 Å². The van der Waals surface area contributed by atoms with Crippen molar-refractivity contribution in [3.63, 3.8) is 0 Å². The highest BCUT2D eigenvalue weighted by molar-refractivity contribution is 6.29. The molecule has 0 fully saturated rings. The molecule has 0 aliphatic heterocycles. The Morgan fingerprint density at radius 1 is 1.64 bits per heavy atom. The second kappa shape index (κ2) is 7.59. The quantitative estimate of drug-likeness (QED) is 0.242. The predicted octanol–water partition coefficient (Wildman–Crippen LogP) is 2.50. The Labute approximate surface area is 93.1 Å². The number of rotatable bonds is 5. The van der Waals surface area contributed by atoms with Crippen LogP contribution >= 0.6 is 23.2 Å². The minimum absolute atomic E-state index is 0.120. The monoisotopic (exact) mass is 235 g/mol. The van der Waals surface area contributed by atoms with Crippen molar-refractivity contribution in [2.75, 3.05) is 13.0 Å². The predicted molar refractivity (Wildman–Crippen MR) is 58.9 cm³/mol. The first-order valence-electron chi connectivity index (χ1n) is 3.79. The van der Waals surface area contributed by atoms with Gasteiger partial charge in [0.25, 0.3) is 0 Å². The zero-order valence-electron chi connectivity index (χ0n) is 7.80. The summed E-state index contributed by atoms with van der Waals surface area (Å²) in [6.45, 7) is 3.25. The Bertz CT molecular complexity index is 272. The van der Waals surface area contributed by atoms with Crippen LogP contribution < -0.4 is 0 Å². The summed E-state index contributed by atoms with van der Waals surface area (Å²) in [5.41, 5.74) is 0.657. The molecule has 0 aromatic carbocycles. The van der Waals surface area contributed by atoms with Gasteiger partial charge in [-0.25, -0.2) is 0 Å². The lowest BCUT2D eigenvalue weighted by atomic mass is 10.2. The van der Waals surface area contributed by atoms with Gasteiger partial charge in [-0.05, 0) is 18.4 Å². The number of nitrogens with zero attached hydrogens (tertiary/aromatic N) is 1. The molecule has 0 aromatic heterocycles. The Morgan fingerprint density at radius 2 is 2.29 bits per heavy atom. The summed E-state index contributed by atoms with van der Waals surface area (Å²) in [4.78, 5) is 14.4. The van der Waals surface area contributed by atoms with E-state index in [1.54, 1.807) is 6.08 Å². The van der Waals surface area contributed by atoms with Crippen molar-refractivity contribution in [2.24, 2.45) is 4.99 Å². The first-order valence-corrected chi connectivity index (χ1v) is 4.71. The van der Waals surface area contributed by atoms with Crippen LogP contribution in [0.4, 0.5) is 0 Å². The van der Waals surface area contributed by atoms with Crippen molar-refractivity contribution in [3.8, 4) is 0 Å². The number of allylic oxidation sites excluding steroid dienone is 2. The molecule has 0 rings (SSSR count). The number of ether oxygens (including phenoxy) is 1. The minimum atomic E-state index is -0.355. The molecule has 0 aliphatic rings. The van der Waals surface area contributed by atoms with Gasteiger partial charge >= 0.3 is 5.97 Å². The molecule has 78 valence electrons. The van der Waals surface area contributed by atoms with E-state index in [1.807, 2.05) is 0 Å². The van der Waals surface area contributed by atoms with Gasteiger partial charge in [0.05, 0.1) is 13.5 Å². The molecule has 0 bridgehead atoms. The molecule has 0 saturated carbocycles. The van der Waals surface area contributed by atoms with Crippen molar-refractivity contribution in [1.29, 1.82) is 0 Å². The van der Waals surface area contributed by atoms with Crippen molar-refractivity contribution in [1.82, 2.24) is 0 Å². The maximum absolute atomic E-state index is 10.9. The van der Waals surface area contributed by atoms with E-state index in [0.717, 1.165) is 0 Å². The number of hydrogen-bond donors (Lipinski definition) is 0. The molecule has 0 N–H and O–H groups in total. The average Bonchev–Trinajstić information content (AvgIpc) is 2.17. The summed E-state index contributed by atoms with van der Waals surface area (Å²) < 4.78 is 4.50. The normalized spacial score (nSPS) is 12.5. The molecule has 14 heavy (non-hydrogen) atoms. The van der Waals surface area contributed by atoms with Crippen LogP contribution in [0.2, 0.25) is 0 Å². The topological polar surface area (TPSA) is 38.7 Å². The number of carbonyl (C=O) groups is 1. The van der Waals surface area contributed by atoms with Crippen LogP contribution in [-0.4, -0.2) is 25.7 Å². The van der Waals surface area contributed by atoms with Crippen LogP contribution in [0.1, 0.15) is 6.42 Å². The van der Waals surface area contributed by atoms with Gasteiger partial charge in [0, 0.05) is 5.88 Å². The third-order valence-corrected chi connectivity index (χ3v) is 1.75. The molecule has 0 aromatic rings. The number of carbonyl (C=O) groups excluding carboxylic acids is 1. The summed E-state index contributed by atoms with van der Waals surface area (Å²) >= 11 is 11.1. The van der Waals surface area contributed by atoms with E-state index in [1.165, 1.54) is 13.2 Å². The number of hydrogen-bond acceptors (Lipinski definition) is 3. The standard InChI is InChI=1S/C9H11Cl2NO2/c1-12-8(11)5-7(3-4-10)6-9(13)14-2/h3,5H,1,4,6H2,2H3. The van der Waals surface area contributed by atoms with Crippen molar-refractivity contribution in [2.45, 2.75) is 6.42 Å². The maximum Gasteiger partial charge on any atom is 0.309 e. The third kappa shape index (κ3) is 5.78. The smallest absolute Gasteiger partial charge is 0.309 e. The Balaban J connectivity index is 4.54. The fourth-order valence-corrected chi connectivity index (χ4v) is 1.06. The van der Waals surface area contributed by atoms with Crippen molar-refractivity contribution in [3.05, 3.63) is 22.9 Å². The molecule has 0 unspecified atom stereocenters. The molecule has 0 saturated heterocycles. The van der Waals surface area contributed by atoms with E-state index in [-0.39, 0.29) is 17.5 Å². The summed E-state index contributed by atoms with van der Waals surface area (Å²) in [5.74, 6) is -0.0596. The lowest BCUT2D eigenvalue weighted by Crippen LogP contribution is -2.01.